The van der Waals surface area contributed by atoms with Crippen LogP contribution in [-0.2, 0) is 27.4 Å². The van der Waals surface area contributed by atoms with Crippen molar-refractivity contribution in [1.29, 1.82) is 0 Å². The number of aromatic nitrogens is 3. The predicted molar refractivity (Wildman–Crippen MR) is 140 cm³/mol. The summed E-state index contributed by atoms with van der Waals surface area (Å²) in [5.41, 5.74) is 3.70. The molecular formula is C29H30FN5O3. The number of rotatable bonds is 9. The number of hydrogen-bond acceptors (Lipinski definition) is 5. The third-order valence-corrected chi connectivity index (χ3v) is 6.86. The lowest BCUT2D eigenvalue weighted by Crippen LogP contribution is -2.46. The van der Waals surface area contributed by atoms with Crippen LogP contribution in [0.3, 0.4) is 0 Å². The number of hydrogen-bond donors (Lipinski definition) is 1. The van der Waals surface area contributed by atoms with Crippen LogP contribution in [0.4, 0.5) is 4.39 Å². The predicted octanol–water partition coefficient (Wildman–Crippen LogP) is 3.94. The largest absolute Gasteiger partial charge is 0.376 e. The molecule has 1 aliphatic rings. The lowest BCUT2D eigenvalue weighted by molar-refractivity contribution is -0.142. The Morgan fingerprint density at radius 1 is 1.11 bits per heavy atom. The van der Waals surface area contributed by atoms with E-state index < -0.39 is 6.04 Å². The highest BCUT2D eigenvalue weighted by Gasteiger charge is 2.33. The van der Waals surface area contributed by atoms with Gasteiger partial charge in [0.15, 0.2) is 0 Å². The summed E-state index contributed by atoms with van der Waals surface area (Å²) in [5.74, 6) is -0.982. The Morgan fingerprint density at radius 2 is 1.87 bits per heavy atom. The second-order valence-electron chi connectivity index (χ2n) is 9.52. The lowest BCUT2D eigenvalue weighted by atomic mass is 9.98. The number of carbonyl (C=O) groups is 2. The topological polar surface area (TPSA) is 89.4 Å². The Hall–Kier alpha value is -4.11. The van der Waals surface area contributed by atoms with Crippen LogP contribution in [-0.4, -0.2) is 51.0 Å². The van der Waals surface area contributed by atoms with Gasteiger partial charge in [-0.25, -0.2) is 9.07 Å². The Balaban J connectivity index is 1.50. The number of nitrogens with one attached hydrogen (secondary N) is 1. The number of carbonyl (C=O) groups excluding carboxylic acids is 2. The van der Waals surface area contributed by atoms with E-state index in [1.165, 1.54) is 21.7 Å². The van der Waals surface area contributed by atoms with E-state index in [9.17, 15) is 14.0 Å². The van der Waals surface area contributed by atoms with Crippen LogP contribution >= 0.6 is 0 Å². The van der Waals surface area contributed by atoms with Crippen molar-refractivity contribution in [1.82, 2.24) is 25.2 Å². The van der Waals surface area contributed by atoms with Crippen LogP contribution in [0, 0.1) is 12.7 Å². The summed E-state index contributed by atoms with van der Waals surface area (Å²) in [5, 5.41) is 11.3. The first-order valence-corrected chi connectivity index (χ1v) is 12.8. The second kappa shape index (κ2) is 11.5. The van der Waals surface area contributed by atoms with E-state index in [1.807, 2.05) is 55.5 Å². The average molecular weight is 516 g/mol. The Bertz CT molecular complexity index is 1420. The number of ether oxygens (including phenoxy) is 1. The van der Waals surface area contributed by atoms with Crippen LogP contribution < -0.4 is 5.32 Å². The summed E-state index contributed by atoms with van der Waals surface area (Å²) >= 11 is 0. The first-order chi connectivity index (χ1) is 18.5. The fourth-order valence-corrected chi connectivity index (χ4v) is 4.82. The second-order valence-corrected chi connectivity index (χ2v) is 9.52. The molecule has 0 bridgehead atoms. The number of para-hydroxylation sites is 1. The maximum atomic E-state index is 14.0. The summed E-state index contributed by atoms with van der Waals surface area (Å²) in [6, 6.07) is 20.0. The minimum Gasteiger partial charge on any atom is -0.376 e. The van der Waals surface area contributed by atoms with Gasteiger partial charge in [0.2, 0.25) is 11.8 Å². The average Bonchev–Trinajstić information content (AvgIpc) is 3.60. The molecule has 0 radical (unpaired) electrons. The molecule has 1 fully saturated rings. The molecule has 3 aromatic carbocycles. The van der Waals surface area contributed by atoms with Crippen LogP contribution in [0.15, 0.2) is 72.8 Å². The van der Waals surface area contributed by atoms with Crippen LogP contribution in [0.5, 0.6) is 0 Å². The molecule has 0 unspecified atom stereocenters. The Labute approximate surface area is 220 Å². The van der Waals surface area contributed by atoms with Crippen molar-refractivity contribution in [3.8, 4) is 0 Å². The number of amides is 2. The van der Waals surface area contributed by atoms with Gasteiger partial charge in [0, 0.05) is 19.7 Å². The third kappa shape index (κ3) is 5.73. The minimum absolute atomic E-state index is 0.0424. The SMILES string of the molecule is Cc1ccccc1[C@@H](C(=O)NC[C@@H]1CCCO1)N(Cc1ccc(F)cc1)C(=O)Cn1nnc2ccccc21. The fraction of sp³-hybridized carbons (Fsp3) is 0.310. The number of aryl methyl sites for hydroxylation is 1. The molecule has 2 heterocycles. The van der Waals surface area contributed by atoms with Gasteiger partial charge in [-0.15, -0.1) is 5.10 Å². The van der Waals surface area contributed by atoms with E-state index in [-0.39, 0.29) is 36.8 Å². The van der Waals surface area contributed by atoms with E-state index in [0.29, 0.717) is 24.2 Å². The Kier molecular flexibility index (Phi) is 7.74. The van der Waals surface area contributed by atoms with Crippen molar-refractivity contribution in [2.75, 3.05) is 13.2 Å². The zero-order chi connectivity index (χ0) is 26.5. The van der Waals surface area contributed by atoms with Gasteiger partial charge in [-0.2, -0.15) is 0 Å². The number of fused-ring (bicyclic) bond motifs is 1. The number of benzene rings is 3. The summed E-state index contributed by atoms with van der Waals surface area (Å²) in [6.45, 7) is 2.97. The highest BCUT2D eigenvalue weighted by atomic mass is 19.1. The number of halogens is 1. The molecule has 4 aromatic rings. The molecule has 5 rings (SSSR count). The molecule has 1 aliphatic heterocycles. The minimum atomic E-state index is -0.912. The molecule has 8 nitrogen and oxygen atoms in total. The highest BCUT2D eigenvalue weighted by Crippen LogP contribution is 2.27. The monoisotopic (exact) mass is 515 g/mol. The summed E-state index contributed by atoms with van der Waals surface area (Å²) in [6.07, 6.45) is 1.80. The normalized spacial score (nSPS) is 15.9. The molecule has 196 valence electrons. The fourth-order valence-electron chi connectivity index (χ4n) is 4.82. The van der Waals surface area contributed by atoms with Crippen molar-refractivity contribution in [3.63, 3.8) is 0 Å². The van der Waals surface area contributed by atoms with E-state index in [0.717, 1.165) is 29.5 Å². The molecule has 9 heteroatoms. The molecule has 38 heavy (non-hydrogen) atoms. The van der Waals surface area contributed by atoms with Crippen molar-refractivity contribution < 1.29 is 18.7 Å². The maximum absolute atomic E-state index is 14.0. The van der Waals surface area contributed by atoms with Gasteiger partial charge in [-0.05, 0) is 60.7 Å². The van der Waals surface area contributed by atoms with E-state index in [4.69, 9.17) is 4.74 Å². The molecule has 2 atom stereocenters. The van der Waals surface area contributed by atoms with Crippen molar-refractivity contribution in [2.45, 2.75) is 45.0 Å². The zero-order valence-electron chi connectivity index (χ0n) is 21.2. The quantitative estimate of drug-likeness (QED) is 0.365. The van der Waals surface area contributed by atoms with E-state index in [2.05, 4.69) is 15.6 Å². The van der Waals surface area contributed by atoms with E-state index >= 15 is 0 Å². The first kappa shape index (κ1) is 25.5. The molecule has 2 amide bonds. The smallest absolute Gasteiger partial charge is 0.247 e. The van der Waals surface area contributed by atoms with Gasteiger partial charge in [0.1, 0.15) is 23.9 Å². The van der Waals surface area contributed by atoms with Gasteiger partial charge in [0.25, 0.3) is 0 Å². The van der Waals surface area contributed by atoms with Crippen LogP contribution in [0.25, 0.3) is 11.0 Å². The van der Waals surface area contributed by atoms with E-state index in [1.54, 1.807) is 12.1 Å². The van der Waals surface area contributed by atoms with Gasteiger partial charge < -0.3 is 15.0 Å². The van der Waals surface area contributed by atoms with Gasteiger partial charge in [0.05, 0.1) is 11.6 Å². The molecule has 0 saturated carbocycles. The molecule has 1 N–H and O–H groups in total. The number of nitrogens with zero attached hydrogens (tertiary/aromatic N) is 4. The first-order valence-electron chi connectivity index (χ1n) is 12.8. The molecule has 1 saturated heterocycles. The molecule has 0 aliphatic carbocycles. The molecule has 0 spiro atoms. The third-order valence-electron chi connectivity index (χ3n) is 6.86. The molecular weight excluding hydrogens is 485 g/mol. The van der Waals surface area contributed by atoms with Crippen molar-refractivity contribution >= 4 is 22.8 Å². The highest BCUT2D eigenvalue weighted by molar-refractivity contribution is 5.89. The molecule has 1 aromatic heterocycles. The van der Waals surface area contributed by atoms with Crippen LogP contribution in [0.2, 0.25) is 0 Å². The summed E-state index contributed by atoms with van der Waals surface area (Å²) < 4.78 is 20.9. The maximum Gasteiger partial charge on any atom is 0.247 e. The Morgan fingerprint density at radius 3 is 2.63 bits per heavy atom. The zero-order valence-corrected chi connectivity index (χ0v) is 21.2. The summed E-state index contributed by atoms with van der Waals surface area (Å²) in [4.78, 5) is 29.3. The van der Waals surface area contributed by atoms with Gasteiger partial charge in [-0.1, -0.05) is 53.7 Å². The van der Waals surface area contributed by atoms with Gasteiger partial charge >= 0.3 is 0 Å². The summed E-state index contributed by atoms with van der Waals surface area (Å²) in [7, 11) is 0. The van der Waals surface area contributed by atoms with Crippen molar-refractivity contribution in [3.05, 3.63) is 95.3 Å². The van der Waals surface area contributed by atoms with Crippen molar-refractivity contribution in [2.24, 2.45) is 0 Å². The van der Waals surface area contributed by atoms with Gasteiger partial charge in [-0.3, -0.25) is 9.59 Å². The lowest BCUT2D eigenvalue weighted by Gasteiger charge is -2.32. The standard InChI is InChI=1S/C29H30FN5O3/c1-20-7-2-3-9-24(20)28(29(37)31-17-23-8-6-16-38-23)34(18-21-12-14-22(30)15-13-21)27(36)19-35-26-11-5-4-10-25(26)32-33-35/h2-5,7,9-15,23,28H,6,8,16-19H2,1H3,(H,31,37)/t23-,28-/m0/s1. The van der Waals surface area contributed by atoms with Crippen LogP contribution in [0.1, 0.15) is 35.6 Å².